The Balaban J connectivity index is 2.88. The van der Waals surface area contributed by atoms with Crippen LogP contribution < -0.4 is 0 Å². The number of thioether (sulfide) groups is 1. The Labute approximate surface area is 127 Å². The van der Waals surface area contributed by atoms with E-state index < -0.39 is 6.10 Å². The highest BCUT2D eigenvalue weighted by molar-refractivity contribution is 8.00. The Kier molecular flexibility index (Phi) is 7.07. The van der Waals surface area contributed by atoms with Gasteiger partial charge in [-0.3, -0.25) is 0 Å². The zero-order valence-electron chi connectivity index (χ0n) is 13.0. The fraction of sp³-hybridized carbons (Fsp3) is 0.647. The van der Waals surface area contributed by atoms with Crippen LogP contribution in [-0.2, 0) is 0 Å². The summed E-state index contributed by atoms with van der Waals surface area (Å²) in [6.07, 6.45) is 1.50. The minimum atomic E-state index is -0.517. The molecule has 0 radical (unpaired) electrons. The predicted molar refractivity (Wildman–Crippen MR) is 87.0 cm³/mol. The zero-order valence-corrected chi connectivity index (χ0v) is 13.9. The summed E-state index contributed by atoms with van der Waals surface area (Å²) >= 11 is 1.72. The molecule has 3 atom stereocenters. The Hall–Kier alpha value is -0.510. The van der Waals surface area contributed by atoms with Crippen LogP contribution in [0.1, 0.15) is 40.5 Å². The number of aliphatic hydroxyl groups excluding tert-OH is 2. The average molecular weight is 296 g/mol. The van der Waals surface area contributed by atoms with Gasteiger partial charge in [-0.2, -0.15) is 0 Å². The van der Waals surface area contributed by atoms with Crippen molar-refractivity contribution in [2.24, 2.45) is 11.8 Å². The van der Waals surface area contributed by atoms with E-state index in [4.69, 9.17) is 0 Å². The van der Waals surface area contributed by atoms with Crippen molar-refractivity contribution in [1.82, 2.24) is 0 Å². The molecule has 0 fully saturated rings. The maximum Gasteiger partial charge on any atom is 0.0734 e. The molecule has 3 heteroatoms. The first kappa shape index (κ1) is 17.5. The van der Waals surface area contributed by atoms with Gasteiger partial charge in [0.2, 0.25) is 0 Å². The van der Waals surface area contributed by atoms with E-state index in [1.165, 1.54) is 4.90 Å². The third-order valence-electron chi connectivity index (χ3n) is 3.76. The Morgan fingerprint density at radius 2 is 1.75 bits per heavy atom. The van der Waals surface area contributed by atoms with E-state index in [-0.39, 0.29) is 17.3 Å². The van der Waals surface area contributed by atoms with Crippen LogP contribution in [0.3, 0.4) is 0 Å². The van der Waals surface area contributed by atoms with Crippen molar-refractivity contribution in [1.29, 1.82) is 0 Å². The fourth-order valence-corrected chi connectivity index (χ4v) is 3.70. The standard InChI is InChI=1S/C17H28O2S/c1-13(2)10-11-17(4,16(19)14(3)12-18)20-15-8-6-5-7-9-15/h5-9,13-14,16,18-19H,10-12H2,1-4H3/t14-,16+,17+/m0/s1. The number of benzene rings is 1. The predicted octanol–water partition coefficient (Wildman–Crippen LogP) is 3.96. The van der Waals surface area contributed by atoms with Crippen molar-refractivity contribution in [3.8, 4) is 0 Å². The maximum absolute atomic E-state index is 10.6. The maximum atomic E-state index is 10.6. The molecule has 2 nitrogen and oxygen atoms in total. The summed E-state index contributed by atoms with van der Waals surface area (Å²) in [5.74, 6) is 0.505. The Morgan fingerprint density at radius 1 is 1.15 bits per heavy atom. The smallest absolute Gasteiger partial charge is 0.0734 e. The van der Waals surface area contributed by atoms with Crippen molar-refractivity contribution in [2.45, 2.75) is 56.3 Å². The summed E-state index contributed by atoms with van der Waals surface area (Å²) in [4.78, 5) is 1.17. The van der Waals surface area contributed by atoms with Crippen molar-refractivity contribution >= 4 is 11.8 Å². The minimum absolute atomic E-state index is 0.0216. The van der Waals surface area contributed by atoms with Gasteiger partial charge in [-0.25, -0.2) is 0 Å². The molecule has 0 aliphatic rings. The quantitative estimate of drug-likeness (QED) is 0.713. The van der Waals surface area contributed by atoms with Crippen LogP contribution in [0, 0.1) is 11.8 Å². The van der Waals surface area contributed by atoms with Crippen LogP contribution >= 0.6 is 11.8 Å². The average Bonchev–Trinajstić information content (AvgIpc) is 2.44. The second-order valence-corrected chi connectivity index (χ2v) is 7.87. The highest BCUT2D eigenvalue weighted by Gasteiger charge is 2.37. The molecule has 0 aromatic heterocycles. The number of aliphatic hydroxyl groups is 2. The molecular formula is C17H28O2S. The van der Waals surface area contributed by atoms with Crippen LogP contribution in [0.5, 0.6) is 0 Å². The highest BCUT2D eigenvalue weighted by Crippen LogP contribution is 2.41. The molecule has 0 aliphatic heterocycles. The molecule has 0 heterocycles. The molecule has 0 unspecified atom stereocenters. The van der Waals surface area contributed by atoms with Crippen LogP contribution in [0.25, 0.3) is 0 Å². The SMILES string of the molecule is CC(C)CC[C@@](C)(Sc1ccccc1)[C@H](O)[C@@H](C)CO. The molecule has 20 heavy (non-hydrogen) atoms. The van der Waals surface area contributed by atoms with Gasteiger partial charge in [0, 0.05) is 22.2 Å². The largest absolute Gasteiger partial charge is 0.396 e. The molecule has 0 amide bonds. The van der Waals surface area contributed by atoms with Crippen molar-refractivity contribution in [3.05, 3.63) is 30.3 Å². The van der Waals surface area contributed by atoms with E-state index in [1.54, 1.807) is 11.8 Å². The lowest BCUT2D eigenvalue weighted by molar-refractivity contribution is 0.0461. The summed E-state index contributed by atoms with van der Waals surface area (Å²) in [7, 11) is 0. The third kappa shape index (κ3) is 5.12. The summed E-state index contributed by atoms with van der Waals surface area (Å²) in [5, 5.41) is 20.0. The molecule has 114 valence electrons. The van der Waals surface area contributed by atoms with Crippen LogP contribution in [0.15, 0.2) is 35.2 Å². The molecule has 1 aromatic carbocycles. The van der Waals surface area contributed by atoms with Gasteiger partial charge in [0.05, 0.1) is 6.10 Å². The molecular weight excluding hydrogens is 268 g/mol. The van der Waals surface area contributed by atoms with Crippen LogP contribution in [-0.4, -0.2) is 27.7 Å². The topological polar surface area (TPSA) is 40.5 Å². The van der Waals surface area contributed by atoms with Crippen molar-refractivity contribution < 1.29 is 10.2 Å². The van der Waals surface area contributed by atoms with Gasteiger partial charge < -0.3 is 10.2 Å². The lowest BCUT2D eigenvalue weighted by Gasteiger charge is -2.37. The molecule has 1 aromatic rings. The third-order valence-corrected chi connectivity index (χ3v) is 5.18. The first-order valence-electron chi connectivity index (χ1n) is 7.42. The monoisotopic (exact) mass is 296 g/mol. The summed E-state index contributed by atoms with van der Waals surface area (Å²) in [5.41, 5.74) is 0. The van der Waals surface area contributed by atoms with E-state index in [9.17, 15) is 10.2 Å². The summed E-state index contributed by atoms with van der Waals surface area (Å²) in [6.45, 7) is 8.45. The molecule has 0 bridgehead atoms. The van der Waals surface area contributed by atoms with Gasteiger partial charge in [-0.05, 0) is 37.8 Å². The van der Waals surface area contributed by atoms with Gasteiger partial charge in [-0.15, -0.1) is 11.8 Å². The number of hydrogen-bond donors (Lipinski definition) is 2. The number of rotatable bonds is 8. The van der Waals surface area contributed by atoms with Gasteiger partial charge in [-0.1, -0.05) is 39.0 Å². The lowest BCUT2D eigenvalue weighted by atomic mass is 9.87. The van der Waals surface area contributed by atoms with E-state index in [1.807, 2.05) is 25.1 Å². The first-order valence-corrected chi connectivity index (χ1v) is 8.23. The molecule has 0 saturated heterocycles. The van der Waals surface area contributed by atoms with Crippen molar-refractivity contribution in [3.63, 3.8) is 0 Å². The van der Waals surface area contributed by atoms with Crippen LogP contribution in [0.4, 0.5) is 0 Å². The van der Waals surface area contributed by atoms with Crippen LogP contribution in [0.2, 0.25) is 0 Å². The van der Waals surface area contributed by atoms with E-state index >= 15 is 0 Å². The molecule has 2 N–H and O–H groups in total. The molecule has 0 saturated carbocycles. The zero-order chi connectivity index (χ0) is 15.2. The van der Waals surface area contributed by atoms with Gasteiger partial charge in [0.15, 0.2) is 0 Å². The van der Waals surface area contributed by atoms with E-state index in [2.05, 4.69) is 32.9 Å². The normalized spacial score (nSPS) is 17.8. The van der Waals surface area contributed by atoms with Gasteiger partial charge in [0.1, 0.15) is 0 Å². The van der Waals surface area contributed by atoms with Gasteiger partial charge in [0.25, 0.3) is 0 Å². The minimum Gasteiger partial charge on any atom is -0.396 e. The molecule has 0 aliphatic carbocycles. The van der Waals surface area contributed by atoms with Crippen molar-refractivity contribution in [2.75, 3.05) is 6.61 Å². The molecule has 1 rings (SSSR count). The second-order valence-electron chi connectivity index (χ2n) is 6.26. The summed E-state index contributed by atoms with van der Waals surface area (Å²) in [6, 6.07) is 10.2. The highest BCUT2D eigenvalue weighted by atomic mass is 32.2. The second kappa shape index (κ2) is 8.06. The van der Waals surface area contributed by atoms with E-state index in [0.29, 0.717) is 5.92 Å². The lowest BCUT2D eigenvalue weighted by Crippen LogP contribution is -2.42. The Bertz CT molecular complexity index is 380. The van der Waals surface area contributed by atoms with Gasteiger partial charge >= 0.3 is 0 Å². The molecule has 0 spiro atoms. The summed E-state index contributed by atoms with van der Waals surface area (Å²) < 4.78 is -0.270. The number of hydrogen-bond acceptors (Lipinski definition) is 3. The van der Waals surface area contributed by atoms with E-state index in [0.717, 1.165) is 12.8 Å². The first-order chi connectivity index (χ1) is 9.39. The Morgan fingerprint density at radius 3 is 2.25 bits per heavy atom. The fourth-order valence-electron chi connectivity index (χ4n) is 2.29.